The van der Waals surface area contributed by atoms with Crippen LogP contribution in [0.5, 0.6) is 0 Å². The summed E-state index contributed by atoms with van der Waals surface area (Å²) < 4.78 is 13.1. The van der Waals surface area contributed by atoms with Crippen LogP contribution in [0, 0.1) is 12.7 Å². The van der Waals surface area contributed by atoms with Crippen LogP contribution in [0.1, 0.15) is 35.2 Å². The molecule has 92 valence electrons. The summed E-state index contributed by atoms with van der Waals surface area (Å²) in [6, 6.07) is 4.38. The Balaban J connectivity index is 2.11. The summed E-state index contributed by atoms with van der Waals surface area (Å²) in [7, 11) is 0. The van der Waals surface area contributed by atoms with E-state index in [-0.39, 0.29) is 17.3 Å². The van der Waals surface area contributed by atoms with E-state index < -0.39 is 0 Å². The van der Waals surface area contributed by atoms with Gasteiger partial charge in [0.2, 0.25) is 0 Å². The molecular formula is C13H17FN2O. The van der Waals surface area contributed by atoms with E-state index in [2.05, 4.69) is 5.32 Å². The van der Waals surface area contributed by atoms with Crippen molar-refractivity contribution in [3.8, 4) is 0 Å². The molecule has 1 saturated carbocycles. The second kappa shape index (κ2) is 4.45. The van der Waals surface area contributed by atoms with E-state index >= 15 is 0 Å². The lowest BCUT2D eigenvalue weighted by Crippen LogP contribution is -2.58. The fourth-order valence-electron chi connectivity index (χ4n) is 2.08. The minimum Gasteiger partial charge on any atom is -0.345 e. The highest BCUT2D eigenvalue weighted by atomic mass is 19.1. The smallest absolute Gasteiger partial charge is 0.251 e. The van der Waals surface area contributed by atoms with Crippen molar-refractivity contribution in [2.24, 2.45) is 5.73 Å². The van der Waals surface area contributed by atoms with Crippen molar-refractivity contribution in [2.75, 3.05) is 6.54 Å². The number of benzene rings is 1. The number of amides is 1. The zero-order valence-electron chi connectivity index (χ0n) is 9.92. The Morgan fingerprint density at radius 1 is 1.53 bits per heavy atom. The van der Waals surface area contributed by atoms with E-state index in [0.717, 1.165) is 19.3 Å². The normalized spacial score (nSPS) is 17.4. The molecule has 1 aliphatic rings. The molecule has 0 radical (unpaired) electrons. The molecule has 0 saturated heterocycles. The summed E-state index contributed by atoms with van der Waals surface area (Å²) in [5.74, 6) is -0.461. The van der Waals surface area contributed by atoms with Crippen molar-refractivity contribution in [2.45, 2.75) is 31.7 Å². The van der Waals surface area contributed by atoms with Crippen molar-refractivity contribution in [3.05, 3.63) is 35.1 Å². The third kappa shape index (κ3) is 2.31. The summed E-state index contributed by atoms with van der Waals surface area (Å²) in [6.45, 7) is 2.10. The lowest BCUT2D eigenvalue weighted by molar-refractivity contribution is 0.0837. The van der Waals surface area contributed by atoms with Gasteiger partial charge in [0.1, 0.15) is 5.82 Å². The van der Waals surface area contributed by atoms with Crippen LogP contribution < -0.4 is 11.1 Å². The maximum atomic E-state index is 13.1. The highest BCUT2D eigenvalue weighted by Gasteiger charge is 2.37. The molecule has 1 aromatic carbocycles. The molecule has 0 heterocycles. The summed E-state index contributed by atoms with van der Waals surface area (Å²) in [6.07, 6.45) is 2.95. The molecule has 1 fully saturated rings. The van der Waals surface area contributed by atoms with Crippen molar-refractivity contribution in [1.29, 1.82) is 0 Å². The van der Waals surface area contributed by atoms with Crippen LogP contribution in [0.4, 0.5) is 4.39 Å². The number of nitrogens with two attached hydrogens (primary N) is 1. The standard InChI is InChI=1S/C13H17FN2O/c1-9-7-10(3-4-11(9)14)12(17)16-13(8-15)5-2-6-13/h3-4,7H,2,5-6,8,15H2,1H3,(H,16,17). The molecule has 1 amide bonds. The van der Waals surface area contributed by atoms with Gasteiger partial charge >= 0.3 is 0 Å². The molecule has 0 bridgehead atoms. The number of halogens is 1. The Labute approximate surface area is 100 Å². The first-order valence-corrected chi connectivity index (χ1v) is 5.85. The molecule has 2 rings (SSSR count). The van der Waals surface area contributed by atoms with Crippen LogP contribution in [0.25, 0.3) is 0 Å². The lowest BCUT2D eigenvalue weighted by Gasteiger charge is -2.41. The minimum absolute atomic E-state index is 0.168. The van der Waals surface area contributed by atoms with Crippen LogP contribution >= 0.6 is 0 Å². The maximum Gasteiger partial charge on any atom is 0.251 e. The van der Waals surface area contributed by atoms with Crippen LogP contribution in [0.2, 0.25) is 0 Å². The highest BCUT2D eigenvalue weighted by molar-refractivity contribution is 5.95. The zero-order valence-corrected chi connectivity index (χ0v) is 9.92. The van der Waals surface area contributed by atoms with Gasteiger partial charge in [0.25, 0.3) is 5.91 Å². The molecule has 1 aromatic rings. The molecule has 17 heavy (non-hydrogen) atoms. The number of carbonyl (C=O) groups is 1. The molecule has 0 atom stereocenters. The molecule has 0 unspecified atom stereocenters. The van der Waals surface area contributed by atoms with Crippen molar-refractivity contribution < 1.29 is 9.18 Å². The number of aryl methyl sites for hydroxylation is 1. The SMILES string of the molecule is Cc1cc(C(=O)NC2(CN)CCC2)ccc1F. The van der Waals surface area contributed by atoms with Gasteiger partial charge in [-0.05, 0) is 49.9 Å². The van der Waals surface area contributed by atoms with Crippen molar-refractivity contribution in [3.63, 3.8) is 0 Å². The van der Waals surface area contributed by atoms with Gasteiger partial charge in [-0.3, -0.25) is 4.79 Å². The first kappa shape index (κ1) is 12.0. The Kier molecular flexibility index (Phi) is 3.15. The summed E-state index contributed by atoms with van der Waals surface area (Å²) >= 11 is 0. The zero-order chi connectivity index (χ0) is 12.5. The number of carbonyl (C=O) groups excluding carboxylic acids is 1. The predicted molar refractivity (Wildman–Crippen MR) is 64.2 cm³/mol. The minimum atomic E-state index is -0.293. The van der Waals surface area contributed by atoms with Gasteiger partial charge in [0, 0.05) is 12.1 Å². The van der Waals surface area contributed by atoms with E-state index in [4.69, 9.17) is 5.73 Å². The number of hydrogen-bond donors (Lipinski definition) is 2. The Hall–Kier alpha value is -1.42. The van der Waals surface area contributed by atoms with Gasteiger partial charge in [-0.1, -0.05) is 0 Å². The lowest BCUT2D eigenvalue weighted by atomic mass is 9.76. The fraction of sp³-hybridized carbons (Fsp3) is 0.462. The molecule has 4 heteroatoms. The molecule has 3 N–H and O–H groups in total. The average molecular weight is 236 g/mol. The number of hydrogen-bond acceptors (Lipinski definition) is 2. The largest absolute Gasteiger partial charge is 0.345 e. The summed E-state index contributed by atoms with van der Waals surface area (Å²) in [5.41, 5.74) is 6.41. The quantitative estimate of drug-likeness (QED) is 0.840. The van der Waals surface area contributed by atoms with Gasteiger partial charge in [-0.25, -0.2) is 4.39 Å². The molecule has 1 aliphatic carbocycles. The van der Waals surface area contributed by atoms with Crippen molar-refractivity contribution >= 4 is 5.91 Å². The van der Waals surface area contributed by atoms with Crippen LogP contribution in [0.3, 0.4) is 0 Å². The predicted octanol–water partition coefficient (Wildman–Crippen LogP) is 1.75. The Morgan fingerprint density at radius 2 is 2.24 bits per heavy atom. The van der Waals surface area contributed by atoms with E-state index in [0.29, 0.717) is 17.7 Å². The highest BCUT2D eigenvalue weighted by Crippen LogP contribution is 2.30. The van der Waals surface area contributed by atoms with E-state index in [9.17, 15) is 9.18 Å². The van der Waals surface area contributed by atoms with Gasteiger partial charge < -0.3 is 11.1 Å². The second-order valence-electron chi connectivity index (χ2n) is 4.76. The van der Waals surface area contributed by atoms with Crippen molar-refractivity contribution in [1.82, 2.24) is 5.32 Å². The topological polar surface area (TPSA) is 55.1 Å². The van der Waals surface area contributed by atoms with Crippen LogP contribution in [-0.2, 0) is 0 Å². The summed E-state index contributed by atoms with van der Waals surface area (Å²) in [5, 5.41) is 2.96. The molecule has 0 aromatic heterocycles. The first-order valence-electron chi connectivity index (χ1n) is 5.85. The Bertz CT molecular complexity index is 436. The second-order valence-corrected chi connectivity index (χ2v) is 4.76. The average Bonchev–Trinajstić information content (AvgIpc) is 2.27. The van der Waals surface area contributed by atoms with Gasteiger partial charge in [0.05, 0.1) is 5.54 Å². The molecular weight excluding hydrogens is 219 g/mol. The third-order valence-electron chi connectivity index (χ3n) is 3.50. The first-order chi connectivity index (χ1) is 8.06. The van der Waals surface area contributed by atoms with Crippen LogP contribution in [-0.4, -0.2) is 18.0 Å². The van der Waals surface area contributed by atoms with Gasteiger partial charge in [0.15, 0.2) is 0 Å². The van der Waals surface area contributed by atoms with Gasteiger partial charge in [-0.2, -0.15) is 0 Å². The number of nitrogens with one attached hydrogen (secondary N) is 1. The number of rotatable bonds is 3. The monoisotopic (exact) mass is 236 g/mol. The third-order valence-corrected chi connectivity index (χ3v) is 3.50. The maximum absolute atomic E-state index is 13.1. The van der Waals surface area contributed by atoms with E-state index in [1.807, 2.05) is 0 Å². The molecule has 0 aliphatic heterocycles. The van der Waals surface area contributed by atoms with E-state index in [1.165, 1.54) is 12.1 Å². The molecule has 0 spiro atoms. The fourth-order valence-corrected chi connectivity index (χ4v) is 2.08. The Morgan fingerprint density at radius 3 is 2.71 bits per heavy atom. The van der Waals surface area contributed by atoms with Crippen LogP contribution in [0.15, 0.2) is 18.2 Å². The van der Waals surface area contributed by atoms with Gasteiger partial charge in [-0.15, -0.1) is 0 Å². The summed E-state index contributed by atoms with van der Waals surface area (Å²) in [4.78, 5) is 12.0. The molecule has 3 nitrogen and oxygen atoms in total. The van der Waals surface area contributed by atoms with E-state index in [1.54, 1.807) is 13.0 Å².